The van der Waals surface area contributed by atoms with Crippen molar-refractivity contribution in [3.63, 3.8) is 0 Å². The Kier molecular flexibility index (Phi) is 5.03. The van der Waals surface area contributed by atoms with Crippen LogP contribution in [-0.4, -0.2) is 23.9 Å². The normalized spacial score (nSPS) is 16.9. The zero-order valence-electron chi connectivity index (χ0n) is 14.0. The van der Waals surface area contributed by atoms with Crippen LogP contribution >= 0.6 is 22.7 Å². The van der Waals surface area contributed by atoms with Gasteiger partial charge >= 0.3 is 0 Å². The van der Waals surface area contributed by atoms with Gasteiger partial charge in [0, 0.05) is 16.3 Å². The van der Waals surface area contributed by atoms with E-state index in [4.69, 9.17) is 0 Å². The van der Waals surface area contributed by atoms with Gasteiger partial charge in [0.15, 0.2) is 17.5 Å². The topological polar surface area (TPSA) is 32.3 Å². The highest BCUT2D eigenvalue weighted by molar-refractivity contribution is 7.10. The third-order valence-electron chi connectivity index (χ3n) is 4.53. The summed E-state index contributed by atoms with van der Waals surface area (Å²) in [5.74, 6) is -4.74. The number of halogens is 3. The number of hydrogen-bond acceptors (Lipinski definition) is 4. The van der Waals surface area contributed by atoms with E-state index in [1.807, 2.05) is 27.8 Å². The number of anilines is 1. The SMILES string of the molecule is O=C(CN1CCc2sccc2[C@@H]1c1cccs1)Nc1ccc(F)c(F)c1F. The van der Waals surface area contributed by atoms with Gasteiger partial charge in [-0.3, -0.25) is 9.69 Å². The average molecular weight is 408 g/mol. The number of carbonyl (C=O) groups is 1. The van der Waals surface area contributed by atoms with E-state index in [-0.39, 0.29) is 18.3 Å². The molecule has 0 fully saturated rings. The number of thiophene rings is 2. The summed E-state index contributed by atoms with van der Waals surface area (Å²) in [5.41, 5.74) is 0.820. The van der Waals surface area contributed by atoms with E-state index in [0.29, 0.717) is 6.54 Å². The molecule has 8 heteroatoms. The van der Waals surface area contributed by atoms with Gasteiger partial charge in [-0.05, 0) is 47.0 Å². The number of amides is 1. The van der Waals surface area contributed by atoms with Gasteiger partial charge in [-0.25, -0.2) is 13.2 Å². The largest absolute Gasteiger partial charge is 0.322 e. The van der Waals surface area contributed by atoms with Crippen molar-refractivity contribution in [1.82, 2.24) is 4.90 Å². The van der Waals surface area contributed by atoms with E-state index in [0.717, 1.165) is 23.4 Å². The highest BCUT2D eigenvalue weighted by Gasteiger charge is 2.31. The molecule has 0 radical (unpaired) electrons. The molecule has 2 aromatic heterocycles. The van der Waals surface area contributed by atoms with Crippen molar-refractivity contribution in [3.05, 3.63) is 73.9 Å². The molecule has 1 aliphatic heterocycles. The van der Waals surface area contributed by atoms with Crippen molar-refractivity contribution in [2.24, 2.45) is 0 Å². The molecule has 0 saturated heterocycles. The van der Waals surface area contributed by atoms with Gasteiger partial charge in [-0.15, -0.1) is 22.7 Å². The molecule has 1 atom stereocenters. The van der Waals surface area contributed by atoms with E-state index in [1.54, 1.807) is 22.7 Å². The van der Waals surface area contributed by atoms with Gasteiger partial charge in [0.2, 0.25) is 5.91 Å². The Bertz CT molecular complexity index is 972. The molecule has 3 nitrogen and oxygen atoms in total. The van der Waals surface area contributed by atoms with Gasteiger partial charge in [0.05, 0.1) is 18.3 Å². The number of fused-ring (bicyclic) bond motifs is 1. The molecule has 4 rings (SSSR count). The fraction of sp³-hybridized carbons (Fsp3) is 0.211. The highest BCUT2D eigenvalue weighted by Crippen LogP contribution is 2.39. The summed E-state index contributed by atoms with van der Waals surface area (Å²) in [4.78, 5) is 16.9. The molecule has 0 bridgehead atoms. The maximum atomic E-state index is 13.8. The van der Waals surface area contributed by atoms with Crippen LogP contribution in [-0.2, 0) is 11.2 Å². The molecule has 0 saturated carbocycles. The Labute approximate surface area is 162 Å². The molecule has 1 aliphatic rings. The molecule has 1 aromatic carbocycles. The number of carbonyl (C=O) groups excluding carboxylic acids is 1. The van der Waals surface area contributed by atoms with Gasteiger partial charge in [-0.2, -0.15) is 0 Å². The zero-order valence-corrected chi connectivity index (χ0v) is 15.7. The Morgan fingerprint density at radius 1 is 1.11 bits per heavy atom. The minimum Gasteiger partial charge on any atom is -0.322 e. The second kappa shape index (κ2) is 7.46. The molecule has 140 valence electrons. The molecule has 0 unspecified atom stereocenters. The lowest BCUT2D eigenvalue weighted by atomic mass is 9.98. The number of benzene rings is 1. The Hall–Kier alpha value is -2.16. The van der Waals surface area contributed by atoms with E-state index >= 15 is 0 Å². The van der Waals surface area contributed by atoms with E-state index in [9.17, 15) is 18.0 Å². The molecule has 0 spiro atoms. The van der Waals surface area contributed by atoms with Gasteiger partial charge in [-0.1, -0.05) is 6.07 Å². The number of nitrogens with one attached hydrogen (secondary N) is 1. The van der Waals surface area contributed by atoms with Crippen molar-refractivity contribution in [3.8, 4) is 0 Å². The number of rotatable bonds is 4. The molecule has 1 N–H and O–H groups in total. The number of hydrogen-bond donors (Lipinski definition) is 1. The Morgan fingerprint density at radius 3 is 2.74 bits per heavy atom. The first-order valence-corrected chi connectivity index (χ1v) is 10.1. The Balaban J connectivity index is 1.55. The monoisotopic (exact) mass is 408 g/mol. The van der Waals surface area contributed by atoms with Crippen LogP contribution < -0.4 is 5.32 Å². The van der Waals surface area contributed by atoms with Crippen molar-refractivity contribution in [2.45, 2.75) is 12.5 Å². The fourth-order valence-electron chi connectivity index (χ4n) is 3.32. The predicted octanol–water partition coefficient (Wildman–Crippen LogP) is 4.81. The third-order valence-corrected chi connectivity index (χ3v) is 6.46. The summed E-state index contributed by atoms with van der Waals surface area (Å²) < 4.78 is 40.2. The quantitative estimate of drug-likeness (QED) is 0.628. The minimum absolute atomic E-state index is 0.0241. The van der Waals surface area contributed by atoms with Crippen LogP contribution in [0, 0.1) is 17.5 Å². The molecule has 27 heavy (non-hydrogen) atoms. The molecule has 1 amide bonds. The van der Waals surface area contributed by atoms with Crippen molar-refractivity contribution >= 4 is 34.3 Å². The van der Waals surface area contributed by atoms with E-state index < -0.39 is 23.4 Å². The fourth-order valence-corrected chi connectivity index (χ4v) is 5.10. The average Bonchev–Trinajstić information content (AvgIpc) is 3.33. The molecule has 0 aliphatic carbocycles. The van der Waals surface area contributed by atoms with Crippen molar-refractivity contribution in [1.29, 1.82) is 0 Å². The second-order valence-corrected chi connectivity index (χ2v) is 8.19. The van der Waals surface area contributed by atoms with Crippen LogP contribution in [0.25, 0.3) is 0 Å². The summed E-state index contributed by atoms with van der Waals surface area (Å²) in [7, 11) is 0. The summed E-state index contributed by atoms with van der Waals surface area (Å²) in [5, 5.41) is 6.39. The first kappa shape index (κ1) is 18.2. The predicted molar refractivity (Wildman–Crippen MR) is 101 cm³/mol. The second-order valence-electron chi connectivity index (χ2n) is 6.21. The summed E-state index contributed by atoms with van der Waals surface area (Å²) in [6, 6.07) is 7.85. The van der Waals surface area contributed by atoms with E-state index in [1.165, 1.54) is 10.4 Å². The van der Waals surface area contributed by atoms with Crippen molar-refractivity contribution < 1.29 is 18.0 Å². The van der Waals surface area contributed by atoms with Crippen LogP contribution in [0.2, 0.25) is 0 Å². The van der Waals surface area contributed by atoms with Gasteiger partial charge in [0.25, 0.3) is 0 Å². The lowest BCUT2D eigenvalue weighted by Gasteiger charge is -2.34. The summed E-state index contributed by atoms with van der Waals surface area (Å²) in [6.45, 7) is 0.708. The standard InChI is InChI=1S/C19H15F3N2OS2/c20-12-3-4-13(18(22)17(12)21)23-16(25)10-24-7-5-14-11(6-9-27-14)19(24)15-2-1-8-26-15/h1-4,6,8-9,19H,5,7,10H2,(H,23,25)/t19-/m1/s1. The van der Waals surface area contributed by atoms with Gasteiger partial charge in [0.1, 0.15) is 0 Å². The molecule has 3 heterocycles. The van der Waals surface area contributed by atoms with Crippen LogP contribution in [0.3, 0.4) is 0 Å². The lowest BCUT2D eigenvalue weighted by Crippen LogP contribution is -2.40. The number of nitrogens with zero attached hydrogens (tertiary/aromatic N) is 1. The maximum absolute atomic E-state index is 13.8. The molecule has 3 aromatic rings. The highest BCUT2D eigenvalue weighted by atomic mass is 32.1. The third kappa shape index (κ3) is 3.52. The Morgan fingerprint density at radius 2 is 1.96 bits per heavy atom. The smallest absolute Gasteiger partial charge is 0.238 e. The van der Waals surface area contributed by atoms with Crippen LogP contribution in [0.15, 0.2) is 41.1 Å². The first-order valence-electron chi connectivity index (χ1n) is 8.31. The van der Waals surface area contributed by atoms with Crippen molar-refractivity contribution in [2.75, 3.05) is 18.4 Å². The van der Waals surface area contributed by atoms with Gasteiger partial charge < -0.3 is 5.32 Å². The first-order chi connectivity index (χ1) is 13.0. The lowest BCUT2D eigenvalue weighted by molar-refractivity contribution is -0.117. The van der Waals surface area contributed by atoms with Crippen LogP contribution in [0.1, 0.15) is 21.4 Å². The molecular formula is C19H15F3N2OS2. The minimum atomic E-state index is -1.59. The van der Waals surface area contributed by atoms with E-state index in [2.05, 4.69) is 11.4 Å². The summed E-state index contributed by atoms with van der Waals surface area (Å²) >= 11 is 3.32. The molecular weight excluding hydrogens is 393 g/mol. The van der Waals surface area contributed by atoms with Crippen LogP contribution in [0.5, 0.6) is 0 Å². The summed E-state index contributed by atoms with van der Waals surface area (Å²) in [6.07, 6.45) is 0.835. The van der Waals surface area contributed by atoms with Crippen LogP contribution in [0.4, 0.5) is 18.9 Å². The maximum Gasteiger partial charge on any atom is 0.238 e. The zero-order chi connectivity index (χ0) is 19.0.